The van der Waals surface area contributed by atoms with Gasteiger partial charge in [-0.25, -0.2) is 0 Å². The molecule has 1 aliphatic carbocycles. The van der Waals surface area contributed by atoms with E-state index in [-0.39, 0.29) is 0 Å². The van der Waals surface area contributed by atoms with E-state index in [0.717, 1.165) is 12.0 Å². The van der Waals surface area contributed by atoms with Gasteiger partial charge in [0.05, 0.1) is 0 Å². The Balaban J connectivity index is 1.78. The van der Waals surface area contributed by atoms with Crippen molar-refractivity contribution in [2.45, 2.75) is 70.4 Å². The van der Waals surface area contributed by atoms with Crippen LogP contribution in [-0.4, -0.2) is 37.1 Å². The highest BCUT2D eigenvalue weighted by molar-refractivity contribution is 4.85. The van der Waals surface area contributed by atoms with Crippen molar-refractivity contribution in [3.05, 3.63) is 0 Å². The Hall–Kier alpha value is -0.0800. The van der Waals surface area contributed by atoms with E-state index in [1.165, 1.54) is 64.5 Å². The van der Waals surface area contributed by atoms with Crippen LogP contribution in [0.1, 0.15) is 58.3 Å². The molecule has 0 aromatic heterocycles. The molecule has 1 saturated heterocycles. The number of likely N-dealkylation sites (N-methyl/N-ethyl adjacent to an activating group) is 1. The van der Waals surface area contributed by atoms with E-state index in [1.807, 2.05) is 0 Å². The van der Waals surface area contributed by atoms with Gasteiger partial charge in [0, 0.05) is 12.1 Å². The van der Waals surface area contributed by atoms with Crippen molar-refractivity contribution >= 4 is 0 Å². The van der Waals surface area contributed by atoms with Gasteiger partial charge in [-0.3, -0.25) is 4.90 Å². The molecule has 0 bridgehead atoms. The van der Waals surface area contributed by atoms with Crippen molar-refractivity contribution in [3.8, 4) is 0 Å². The van der Waals surface area contributed by atoms with Crippen LogP contribution in [0.3, 0.4) is 0 Å². The standard InChI is InChI=1S/C15H30N2/c1-13(16-2)15-9-5-6-11-17(15)12-10-14-7-3-4-8-14/h13-16H,3-12H2,1-2H3. The summed E-state index contributed by atoms with van der Waals surface area (Å²) in [7, 11) is 2.11. The highest BCUT2D eigenvalue weighted by atomic mass is 15.2. The minimum atomic E-state index is 0.652. The summed E-state index contributed by atoms with van der Waals surface area (Å²) >= 11 is 0. The Morgan fingerprint density at radius 2 is 1.82 bits per heavy atom. The van der Waals surface area contributed by atoms with Gasteiger partial charge < -0.3 is 5.32 Å². The van der Waals surface area contributed by atoms with Crippen LogP contribution < -0.4 is 5.32 Å². The summed E-state index contributed by atoms with van der Waals surface area (Å²) in [5, 5.41) is 3.45. The lowest BCUT2D eigenvalue weighted by Crippen LogP contribution is -2.50. The first-order valence-corrected chi connectivity index (χ1v) is 7.72. The Labute approximate surface area is 107 Å². The first-order chi connectivity index (χ1) is 8.31. The van der Waals surface area contributed by atoms with Gasteiger partial charge in [0.15, 0.2) is 0 Å². The first kappa shape index (κ1) is 13.4. The number of rotatable bonds is 5. The third kappa shape index (κ3) is 3.69. The van der Waals surface area contributed by atoms with Crippen LogP contribution in [0.2, 0.25) is 0 Å². The predicted octanol–water partition coefficient (Wildman–Crippen LogP) is 3.03. The van der Waals surface area contributed by atoms with Gasteiger partial charge in [-0.05, 0) is 52.2 Å². The second kappa shape index (κ2) is 6.75. The van der Waals surface area contributed by atoms with Gasteiger partial charge in [0.2, 0.25) is 0 Å². The van der Waals surface area contributed by atoms with Crippen LogP contribution in [0.15, 0.2) is 0 Å². The molecule has 100 valence electrons. The fraction of sp³-hybridized carbons (Fsp3) is 1.00. The molecule has 0 spiro atoms. The van der Waals surface area contributed by atoms with Gasteiger partial charge in [-0.1, -0.05) is 32.1 Å². The normalized spacial score (nSPS) is 29.6. The monoisotopic (exact) mass is 238 g/mol. The highest BCUT2D eigenvalue weighted by Gasteiger charge is 2.27. The largest absolute Gasteiger partial charge is 0.316 e. The zero-order valence-electron chi connectivity index (χ0n) is 11.8. The van der Waals surface area contributed by atoms with Crippen LogP contribution in [0.5, 0.6) is 0 Å². The quantitative estimate of drug-likeness (QED) is 0.792. The molecule has 1 heterocycles. The van der Waals surface area contributed by atoms with Gasteiger partial charge in [0.25, 0.3) is 0 Å². The van der Waals surface area contributed by atoms with Crippen molar-refractivity contribution in [1.29, 1.82) is 0 Å². The fourth-order valence-corrected chi connectivity index (χ4v) is 3.70. The maximum atomic E-state index is 3.45. The summed E-state index contributed by atoms with van der Waals surface area (Å²) in [5.74, 6) is 1.04. The fourth-order valence-electron chi connectivity index (χ4n) is 3.70. The molecule has 2 unspecified atom stereocenters. The zero-order valence-corrected chi connectivity index (χ0v) is 11.8. The third-order valence-corrected chi connectivity index (χ3v) is 5.00. The molecule has 1 saturated carbocycles. The summed E-state index contributed by atoms with van der Waals surface area (Å²) in [6, 6.07) is 1.44. The van der Waals surface area contributed by atoms with Crippen LogP contribution in [0.4, 0.5) is 0 Å². The van der Waals surface area contributed by atoms with Gasteiger partial charge in [-0.2, -0.15) is 0 Å². The van der Waals surface area contributed by atoms with Gasteiger partial charge in [0.1, 0.15) is 0 Å². The molecule has 0 aromatic carbocycles. The minimum absolute atomic E-state index is 0.652. The zero-order chi connectivity index (χ0) is 12.1. The summed E-state index contributed by atoms with van der Waals surface area (Å²) < 4.78 is 0. The van der Waals surface area contributed by atoms with E-state index < -0.39 is 0 Å². The molecule has 2 rings (SSSR count). The smallest absolute Gasteiger partial charge is 0.0246 e. The Bertz CT molecular complexity index is 211. The molecule has 2 heteroatoms. The topological polar surface area (TPSA) is 15.3 Å². The van der Waals surface area contributed by atoms with Crippen LogP contribution in [0.25, 0.3) is 0 Å². The van der Waals surface area contributed by atoms with E-state index in [9.17, 15) is 0 Å². The lowest BCUT2D eigenvalue weighted by Gasteiger charge is -2.39. The lowest BCUT2D eigenvalue weighted by atomic mass is 9.95. The number of nitrogens with zero attached hydrogens (tertiary/aromatic N) is 1. The third-order valence-electron chi connectivity index (χ3n) is 5.00. The molecule has 0 amide bonds. The van der Waals surface area contributed by atoms with E-state index in [0.29, 0.717) is 6.04 Å². The Kier molecular flexibility index (Phi) is 5.30. The first-order valence-electron chi connectivity index (χ1n) is 7.72. The molecule has 2 fully saturated rings. The van der Waals surface area contributed by atoms with E-state index in [2.05, 4.69) is 24.2 Å². The Morgan fingerprint density at radius 3 is 2.53 bits per heavy atom. The van der Waals surface area contributed by atoms with Crippen LogP contribution in [-0.2, 0) is 0 Å². The second-order valence-corrected chi connectivity index (χ2v) is 6.12. The molecule has 1 aliphatic heterocycles. The maximum absolute atomic E-state index is 3.45. The van der Waals surface area contributed by atoms with E-state index in [4.69, 9.17) is 0 Å². The van der Waals surface area contributed by atoms with Crippen molar-refractivity contribution in [1.82, 2.24) is 10.2 Å². The van der Waals surface area contributed by atoms with Crippen LogP contribution >= 0.6 is 0 Å². The average Bonchev–Trinajstić information content (AvgIpc) is 2.89. The van der Waals surface area contributed by atoms with Gasteiger partial charge in [-0.15, -0.1) is 0 Å². The number of likely N-dealkylation sites (tertiary alicyclic amines) is 1. The van der Waals surface area contributed by atoms with E-state index >= 15 is 0 Å². The number of piperidine rings is 1. The minimum Gasteiger partial charge on any atom is -0.316 e. The molecule has 0 radical (unpaired) electrons. The molecule has 0 aromatic rings. The lowest BCUT2D eigenvalue weighted by molar-refractivity contribution is 0.114. The van der Waals surface area contributed by atoms with Crippen molar-refractivity contribution in [3.63, 3.8) is 0 Å². The molecule has 2 atom stereocenters. The van der Waals surface area contributed by atoms with Crippen molar-refractivity contribution < 1.29 is 0 Å². The van der Waals surface area contributed by atoms with Crippen LogP contribution in [0, 0.1) is 5.92 Å². The molecule has 17 heavy (non-hydrogen) atoms. The second-order valence-electron chi connectivity index (χ2n) is 6.12. The van der Waals surface area contributed by atoms with Crippen molar-refractivity contribution in [2.75, 3.05) is 20.1 Å². The molecule has 1 N–H and O–H groups in total. The average molecular weight is 238 g/mol. The Morgan fingerprint density at radius 1 is 1.12 bits per heavy atom. The summed E-state index contributed by atoms with van der Waals surface area (Å²) in [5.41, 5.74) is 0. The number of hydrogen-bond donors (Lipinski definition) is 1. The SMILES string of the molecule is CNC(C)C1CCCCN1CCC1CCCC1. The molecular formula is C15H30N2. The summed E-state index contributed by atoms with van der Waals surface area (Å²) in [6.07, 6.45) is 11.7. The molecule has 2 nitrogen and oxygen atoms in total. The highest BCUT2D eigenvalue weighted by Crippen LogP contribution is 2.29. The number of nitrogens with one attached hydrogen (secondary N) is 1. The van der Waals surface area contributed by atoms with E-state index in [1.54, 1.807) is 0 Å². The maximum Gasteiger partial charge on any atom is 0.0246 e. The molecule has 2 aliphatic rings. The van der Waals surface area contributed by atoms with Gasteiger partial charge >= 0.3 is 0 Å². The summed E-state index contributed by atoms with van der Waals surface area (Å²) in [6.45, 7) is 5.03. The number of hydrogen-bond acceptors (Lipinski definition) is 2. The molecular weight excluding hydrogens is 208 g/mol. The predicted molar refractivity (Wildman–Crippen MR) is 74.3 cm³/mol. The van der Waals surface area contributed by atoms with Crippen molar-refractivity contribution in [2.24, 2.45) is 5.92 Å². The summed E-state index contributed by atoms with van der Waals surface area (Å²) in [4.78, 5) is 2.77.